The molecule has 0 unspecified atom stereocenters. The lowest BCUT2D eigenvalue weighted by atomic mass is 10.2. The van der Waals surface area contributed by atoms with Crippen LogP contribution in [0.15, 0.2) is 35.1 Å². The zero-order valence-electron chi connectivity index (χ0n) is 9.17. The van der Waals surface area contributed by atoms with Gasteiger partial charge in [0.1, 0.15) is 0 Å². The number of benzene rings is 1. The second kappa shape index (κ2) is 4.94. The molecule has 1 aromatic carbocycles. The molecule has 0 aliphatic rings. The van der Waals surface area contributed by atoms with Gasteiger partial charge in [0.05, 0.1) is 23.3 Å². The van der Waals surface area contributed by atoms with Crippen LogP contribution >= 0.6 is 27.5 Å². The number of nitrogens with zero attached hydrogens (tertiary/aromatic N) is 1. The van der Waals surface area contributed by atoms with Crippen molar-refractivity contribution in [2.75, 3.05) is 11.1 Å². The van der Waals surface area contributed by atoms with Crippen molar-refractivity contribution >= 4 is 44.6 Å². The van der Waals surface area contributed by atoms with Gasteiger partial charge in [-0.2, -0.15) is 0 Å². The van der Waals surface area contributed by atoms with Gasteiger partial charge >= 0.3 is 0 Å². The number of hydrogen-bond donors (Lipinski definition) is 2. The maximum Gasteiger partial charge on any atom is 0.0739 e. The zero-order chi connectivity index (χ0) is 12.4. The van der Waals surface area contributed by atoms with Crippen LogP contribution in [0.5, 0.6) is 0 Å². The van der Waals surface area contributed by atoms with Crippen LogP contribution in [0, 0.1) is 6.92 Å². The van der Waals surface area contributed by atoms with Crippen molar-refractivity contribution in [1.82, 2.24) is 4.98 Å². The van der Waals surface area contributed by atoms with Gasteiger partial charge in [0.15, 0.2) is 0 Å². The molecule has 2 rings (SSSR count). The predicted octanol–water partition coefficient (Wildman–Crippen LogP) is 4.13. The molecule has 17 heavy (non-hydrogen) atoms. The number of nitrogens with two attached hydrogens (primary N) is 1. The van der Waals surface area contributed by atoms with Crippen LogP contribution in [0.25, 0.3) is 0 Å². The molecule has 0 amide bonds. The third-order valence-electron chi connectivity index (χ3n) is 2.37. The molecule has 2 aromatic rings. The molecule has 3 N–H and O–H groups in total. The summed E-state index contributed by atoms with van der Waals surface area (Å²) < 4.78 is 0.940. The highest BCUT2D eigenvalue weighted by atomic mass is 79.9. The Balaban J connectivity index is 2.37. The number of rotatable bonds is 2. The first-order chi connectivity index (χ1) is 8.08. The lowest BCUT2D eigenvalue weighted by molar-refractivity contribution is 1.32. The molecular formula is C12H11BrClN3. The van der Waals surface area contributed by atoms with Gasteiger partial charge in [0, 0.05) is 15.7 Å². The fourth-order valence-corrected chi connectivity index (χ4v) is 2.13. The van der Waals surface area contributed by atoms with Gasteiger partial charge < -0.3 is 11.1 Å². The Morgan fingerprint density at radius 1 is 1.35 bits per heavy atom. The Morgan fingerprint density at radius 3 is 2.82 bits per heavy atom. The second-order valence-corrected chi connectivity index (χ2v) is 4.93. The van der Waals surface area contributed by atoms with Gasteiger partial charge in [0.25, 0.3) is 0 Å². The highest BCUT2D eigenvalue weighted by molar-refractivity contribution is 9.10. The smallest absolute Gasteiger partial charge is 0.0739 e. The van der Waals surface area contributed by atoms with Gasteiger partial charge in [-0.3, -0.25) is 4.98 Å². The Hall–Kier alpha value is -1.26. The minimum atomic E-state index is 0.594. The summed E-state index contributed by atoms with van der Waals surface area (Å²) >= 11 is 9.57. The molecule has 3 nitrogen and oxygen atoms in total. The molecule has 0 bridgehead atoms. The van der Waals surface area contributed by atoms with Crippen LogP contribution in [0.4, 0.5) is 17.1 Å². The van der Waals surface area contributed by atoms with Crippen LogP contribution in [0.1, 0.15) is 5.56 Å². The maximum atomic E-state index is 6.09. The van der Waals surface area contributed by atoms with Gasteiger partial charge in [-0.05, 0) is 46.6 Å². The van der Waals surface area contributed by atoms with Crippen molar-refractivity contribution in [3.63, 3.8) is 0 Å². The monoisotopic (exact) mass is 311 g/mol. The number of aryl methyl sites for hydroxylation is 1. The second-order valence-electron chi connectivity index (χ2n) is 3.67. The van der Waals surface area contributed by atoms with E-state index in [0.29, 0.717) is 10.7 Å². The summed E-state index contributed by atoms with van der Waals surface area (Å²) in [6.07, 6.45) is 3.29. The number of pyridine rings is 1. The van der Waals surface area contributed by atoms with E-state index in [1.54, 1.807) is 12.4 Å². The molecule has 88 valence electrons. The molecule has 0 radical (unpaired) electrons. The van der Waals surface area contributed by atoms with Gasteiger partial charge in [0.2, 0.25) is 0 Å². The largest absolute Gasteiger partial charge is 0.396 e. The summed E-state index contributed by atoms with van der Waals surface area (Å²) in [5.41, 5.74) is 9.11. The minimum Gasteiger partial charge on any atom is -0.396 e. The summed E-state index contributed by atoms with van der Waals surface area (Å²) in [6.45, 7) is 1.96. The highest BCUT2D eigenvalue weighted by Gasteiger charge is 2.06. The summed E-state index contributed by atoms with van der Waals surface area (Å²) in [6, 6.07) is 5.64. The summed E-state index contributed by atoms with van der Waals surface area (Å²) in [5.74, 6) is 0. The van der Waals surface area contributed by atoms with E-state index in [-0.39, 0.29) is 0 Å². The third-order valence-corrected chi connectivity index (χ3v) is 3.43. The number of aromatic nitrogens is 1. The summed E-state index contributed by atoms with van der Waals surface area (Å²) in [4.78, 5) is 3.94. The molecule has 1 aromatic heterocycles. The van der Waals surface area contributed by atoms with Crippen LogP contribution < -0.4 is 11.1 Å². The standard InChI is InChI=1S/C12H11BrClN3/c1-7-4-8(13)12(5-9(7)14)17-11-2-3-16-6-10(11)15/h2-6H,15H2,1H3,(H,16,17). The molecule has 0 atom stereocenters. The first-order valence-electron chi connectivity index (χ1n) is 5.00. The molecule has 0 aliphatic heterocycles. The SMILES string of the molecule is Cc1cc(Br)c(Nc2ccncc2N)cc1Cl. The number of anilines is 3. The molecule has 0 saturated heterocycles. The van der Waals surface area contributed by atoms with Crippen LogP contribution in [-0.4, -0.2) is 4.98 Å². The lowest BCUT2D eigenvalue weighted by Gasteiger charge is -2.12. The van der Waals surface area contributed by atoms with E-state index in [9.17, 15) is 0 Å². The van der Waals surface area contributed by atoms with E-state index in [1.165, 1.54) is 0 Å². The summed E-state index contributed by atoms with van der Waals surface area (Å²) in [7, 11) is 0. The van der Waals surface area contributed by atoms with Gasteiger partial charge in [-0.15, -0.1) is 0 Å². The topological polar surface area (TPSA) is 50.9 Å². The number of nitrogen functional groups attached to an aromatic ring is 1. The van der Waals surface area contributed by atoms with Crippen molar-refractivity contribution in [3.05, 3.63) is 45.7 Å². The number of nitrogens with one attached hydrogen (secondary N) is 1. The first kappa shape index (κ1) is 12.2. The van der Waals surface area contributed by atoms with Crippen molar-refractivity contribution in [2.45, 2.75) is 6.92 Å². The molecule has 1 heterocycles. The fourth-order valence-electron chi connectivity index (χ4n) is 1.41. The maximum absolute atomic E-state index is 6.09. The van der Waals surface area contributed by atoms with Crippen LogP contribution in [0.2, 0.25) is 5.02 Å². The average molecular weight is 313 g/mol. The van der Waals surface area contributed by atoms with E-state index in [2.05, 4.69) is 26.2 Å². The predicted molar refractivity (Wildman–Crippen MR) is 75.8 cm³/mol. The Morgan fingerprint density at radius 2 is 2.12 bits per heavy atom. The minimum absolute atomic E-state index is 0.594. The van der Waals surface area contributed by atoms with E-state index >= 15 is 0 Å². The third kappa shape index (κ3) is 2.70. The summed E-state index contributed by atoms with van der Waals surface area (Å²) in [5, 5.41) is 3.92. The quantitative estimate of drug-likeness (QED) is 0.876. The van der Waals surface area contributed by atoms with Crippen molar-refractivity contribution < 1.29 is 0 Å². The van der Waals surface area contributed by atoms with Crippen LogP contribution in [-0.2, 0) is 0 Å². The Labute approximate surface area is 113 Å². The van der Waals surface area contributed by atoms with Gasteiger partial charge in [-0.1, -0.05) is 11.6 Å². The fraction of sp³-hybridized carbons (Fsp3) is 0.0833. The molecule has 0 saturated carbocycles. The Kier molecular flexibility index (Phi) is 3.54. The van der Waals surface area contributed by atoms with Crippen molar-refractivity contribution in [3.8, 4) is 0 Å². The lowest BCUT2D eigenvalue weighted by Crippen LogP contribution is -1.97. The molecule has 0 fully saturated rings. The van der Waals surface area contributed by atoms with E-state index in [4.69, 9.17) is 17.3 Å². The van der Waals surface area contributed by atoms with E-state index in [1.807, 2.05) is 25.1 Å². The number of halogens is 2. The number of hydrogen-bond acceptors (Lipinski definition) is 3. The first-order valence-corrected chi connectivity index (χ1v) is 6.17. The van der Waals surface area contributed by atoms with E-state index < -0.39 is 0 Å². The van der Waals surface area contributed by atoms with Crippen LogP contribution in [0.3, 0.4) is 0 Å². The van der Waals surface area contributed by atoms with E-state index in [0.717, 1.165) is 21.4 Å². The molecule has 5 heteroatoms. The average Bonchev–Trinajstić information content (AvgIpc) is 2.29. The molecule has 0 aliphatic carbocycles. The normalized spacial score (nSPS) is 10.3. The Bertz CT molecular complexity index is 557. The molecule has 0 spiro atoms. The van der Waals surface area contributed by atoms with Gasteiger partial charge in [-0.25, -0.2) is 0 Å². The van der Waals surface area contributed by atoms with Crippen molar-refractivity contribution in [2.24, 2.45) is 0 Å². The highest BCUT2D eigenvalue weighted by Crippen LogP contribution is 2.32. The van der Waals surface area contributed by atoms with Crippen molar-refractivity contribution in [1.29, 1.82) is 0 Å². The zero-order valence-corrected chi connectivity index (χ0v) is 11.5. The molecular weight excluding hydrogens is 302 g/mol.